The lowest BCUT2D eigenvalue weighted by Crippen LogP contribution is -2.16. The summed E-state index contributed by atoms with van der Waals surface area (Å²) in [5.41, 5.74) is 0.893. The Morgan fingerprint density at radius 3 is 2.78 bits per heavy atom. The Bertz CT molecular complexity index is 594. The van der Waals surface area contributed by atoms with E-state index in [1.165, 1.54) is 0 Å². The first-order chi connectivity index (χ1) is 10.7. The third-order valence-electron chi connectivity index (χ3n) is 3.07. The predicted molar refractivity (Wildman–Crippen MR) is 97.2 cm³/mol. The van der Waals surface area contributed by atoms with Crippen LogP contribution in [0.15, 0.2) is 36.5 Å². The van der Waals surface area contributed by atoms with E-state index >= 15 is 0 Å². The van der Waals surface area contributed by atoms with E-state index in [2.05, 4.69) is 39.6 Å². The second kappa shape index (κ2) is 9.86. The zero-order chi connectivity index (χ0) is 15.8. The smallest absolute Gasteiger partial charge is 0.229 e. The average Bonchev–Trinajstić information content (AvgIpc) is 2.52. The lowest BCUT2D eigenvalue weighted by atomic mass is 10.3. The van der Waals surface area contributed by atoms with E-state index in [1.807, 2.05) is 30.3 Å². The molecule has 0 aliphatic rings. The molecule has 0 aliphatic heterocycles. The molecule has 0 atom stereocenters. The topological polar surface area (TPSA) is 62.3 Å². The van der Waals surface area contributed by atoms with Crippen molar-refractivity contribution in [3.63, 3.8) is 0 Å². The number of hydrogen-bond donors (Lipinski definition) is 2. The van der Waals surface area contributed by atoms with Crippen LogP contribution < -0.4 is 15.4 Å². The van der Waals surface area contributed by atoms with E-state index in [4.69, 9.17) is 4.74 Å². The van der Waals surface area contributed by atoms with Gasteiger partial charge in [0.2, 0.25) is 5.95 Å². The van der Waals surface area contributed by atoms with Crippen molar-refractivity contribution in [2.75, 3.05) is 44.9 Å². The van der Waals surface area contributed by atoms with Gasteiger partial charge in [0.1, 0.15) is 11.6 Å². The molecule has 1 heterocycles. The number of ether oxygens (including phenoxy) is 1. The summed E-state index contributed by atoms with van der Waals surface area (Å²) < 4.78 is 5.20. The first-order valence-electron chi connectivity index (χ1n) is 7.30. The Kier molecular flexibility index (Phi) is 8.15. The average molecular weight is 338 g/mol. The van der Waals surface area contributed by atoms with Gasteiger partial charge in [-0.15, -0.1) is 12.4 Å². The van der Waals surface area contributed by atoms with Crippen LogP contribution in [0.25, 0.3) is 0 Å². The third kappa shape index (κ3) is 6.71. The molecule has 0 fully saturated rings. The van der Waals surface area contributed by atoms with Crippen LogP contribution in [0.4, 0.5) is 17.5 Å². The van der Waals surface area contributed by atoms with Gasteiger partial charge in [-0.2, -0.15) is 4.98 Å². The molecule has 23 heavy (non-hydrogen) atoms. The fraction of sp³-hybridized carbons (Fsp3) is 0.375. The van der Waals surface area contributed by atoms with Gasteiger partial charge in [-0.3, -0.25) is 0 Å². The maximum atomic E-state index is 5.20. The van der Waals surface area contributed by atoms with Crippen LogP contribution in [0.3, 0.4) is 0 Å². The Morgan fingerprint density at radius 2 is 2.04 bits per heavy atom. The molecule has 0 bridgehead atoms. The Morgan fingerprint density at radius 1 is 1.22 bits per heavy atom. The minimum atomic E-state index is 0. The van der Waals surface area contributed by atoms with E-state index in [0.717, 1.165) is 36.8 Å². The fourth-order valence-corrected chi connectivity index (χ4v) is 1.96. The highest BCUT2D eigenvalue weighted by molar-refractivity contribution is 5.85. The zero-order valence-corrected chi connectivity index (χ0v) is 14.6. The van der Waals surface area contributed by atoms with E-state index in [9.17, 15) is 0 Å². The van der Waals surface area contributed by atoms with Crippen LogP contribution in [0.2, 0.25) is 0 Å². The van der Waals surface area contributed by atoms with E-state index < -0.39 is 0 Å². The van der Waals surface area contributed by atoms with Gasteiger partial charge in [-0.1, -0.05) is 6.07 Å². The highest BCUT2D eigenvalue weighted by atomic mass is 35.5. The molecule has 2 N–H and O–H groups in total. The molecule has 0 radical (unpaired) electrons. The summed E-state index contributed by atoms with van der Waals surface area (Å²) in [5.74, 6) is 2.17. The molecule has 0 unspecified atom stereocenters. The van der Waals surface area contributed by atoms with Crippen molar-refractivity contribution in [1.29, 1.82) is 0 Å². The van der Waals surface area contributed by atoms with Gasteiger partial charge in [-0.25, -0.2) is 4.98 Å². The first-order valence-corrected chi connectivity index (χ1v) is 7.30. The van der Waals surface area contributed by atoms with Crippen LogP contribution in [0, 0.1) is 0 Å². The van der Waals surface area contributed by atoms with Crippen LogP contribution in [0.5, 0.6) is 5.75 Å². The number of nitrogens with one attached hydrogen (secondary N) is 2. The molecule has 0 saturated carbocycles. The highest BCUT2D eigenvalue weighted by Crippen LogP contribution is 2.19. The molecular weight excluding hydrogens is 314 g/mol. The van der Waals surface area contributed by atoms with Crippen LogP contribution in [0.1, 0.15) is 6.42 Å². The first kappa shape index (κ1) is 19.0. The lowest BCUT2D eigenvalue weighted by molar-refractivity contribution is 0.405. The number of anilines is 3. The van der Waals surface area contributed by atoms with Gasteiger partial charge in [0.25, 0.3) is 0 Å². The fourth-order valence-electron chi connectivity index (χ4n) is 1.96. The Balaban J connectivity index is 0.00000264. The molecular formula is C16H24ClN5O. The van der Waals surface area contributed by atoms with Gasteiger partial charge in [-0.05, 0) is 45.3 Å². The molecule has 2 rings (SSSR count). The van der Waals surface area contributed by atoms with E-state index in [1.54, 1.807) is 13.3 Å². The molecule has 0 amide bonds. The summed E-state index contributed by atoms with van der Waals surface area (Å²) in [7, 11) is 5.79. The lowest BCUT2D eigenvalue weighted by Gasteiger charge is -2.11. The molecule has 0 spiro atoms. The van der Waals surface area contributed by atoms with Crippen molar-refractivity contribution >= 4 is 29.9 Å². The van der Waals surface area contributed by atoms with Gasteiger partial charge >= 0.3 is 0 Å². The largest absolute Gasteiger partial charge is 0.497 e. The van der Waals surface area contributed by atoms with Crippen molar-refractivity contribution in [3.05, 3.63) is 36.5 Å². The van der Waals surface area contributed by atoms with Crippen molar-refractivity contribution in [3.8, 4) is 5.75 Å². The van der Waals surface area contributed by atoms with Crippen molar-refractivity contribution in [2.24, 2.45) is 0 Å². The van der Waals surface area contributed by atoms with Gasteiger partial charge < -0.3 is 20.3 Å². The second-order valence-corrected chi connectivity index (χ2v) is 5.21. The minimum absolute atomic E-state index is 0. The van der Waals surface area contributed by atoms with Gasteiger partial charge in [0.15, 0.2) is 0 Å². The van der Waals surface area contributed by atoms with Crippen LogP contribution in [-0.4, -0.2) is 49.2 Å². The van der Waals surface area contributed by atoms with Crippen molar-refractivity contribution < 1.29 is 4.74 Å². The number of nitrogens with zero attached hydrogens (tertiary/aromatic N) is 3. The number of halogens is 1. The Hall–Kier alpha value is -2.05. The summed E-state index contributed by atoms with van der Waals surface area (Å²) in [6.07, 6.45) is 2.80. The van der Waals surface area contributed by atoms with Crippen LogP contribution >= 0.6 is 12.4 Å². The molecule has 0 aliphatic carbocycles. The number of rotatable bonds is 8. The Labute approximate surface area is 143 Å². The standard InChI is InChI=1S/C16H23N5O.ClH/c1-21(2)11-5-9-17-15-8-10-18-16(20-15)19-13-6-4-7-14(12-13)22-3;/h4,6-8,10,12H,5,9,11H2,1-3H3,(H2,17,18,19,20);1H. The maximum absolute atomic E-state index is 5.20. The molecule has 0 saturated heterocycles. The predicted octanol–water partition coefficient (Wildman–Crippen LogP) is 3.01. The number of methoxy groups -OCH3 is 1. The number of hydrogen-bond acceptors (Lipinski definition) is 6. The normalized spacial score (nSPS) is 10.1. The molecule has 7 heteroatoms. The SMILES string of the molecule is COc1cccc(Nc2nccc(NCCCN(C)C)n2)c1.Cl. The highest BCUT2D eigenvalue weighted by Gasteiger charge is 2.01. The van der Waals surface area contributed by atoms with E-state index in [0.29, 0.717) is 5.95 Å². The van der Waals surface area contributed by atoms with Gasteiger partial charge in [0.05, 0.1) is 7.11 Å². The molecule has 126 valence electrons. The third-order valence-corrected chi connectivity index (χ3v) is 3.07. The summed E-state index contributed by atoms with van der Waals surface area (Å²) in [4.78, 5) is 10.9. The van der Waals surface area contributed by atoms with Crippen molar-refractivity contribution in [1.82, 2.24) is 14.9 Å². The summed E-state index contributed by atoms with van der Waals surface area (Å²) in [5, 5.41) is 6.48. The molecule has 6 nitrogen and oxygen atoms in total. The van der Waals surface area contributed by atoms with Gasteiger partial charge in [0, 0.05) is 24.5 Å². The van der Waals surface area contributed by atoms with E-state index in [-0.39, 0.29) is 12.4 Å². The zero-order valence-electron chi connectivity index (χ0n) is 13.7. The molecule has 2 aromatic rings. The number of aromatic nitrogens is 2. The quantitative estimate of drug-likeness (QED) is 0.722. The molecule has 1 aromatic carbocycles. The van der Waals surface area contributed by atoms with Crippen LogP contribution in [-0.2, 0) is 0 Å². The second-order valence-electron chi connectivity index (χ2n) is 5.21. The summed E-state index contributed by atoms with van der Waals surface area (Å²) in [6.45, 7) is 1.93. The van der Waals surface area contributed by atoms with Crippen molar-refractivity contribution in [2.45, 2.75) is 6.42 Å². The summed E-state index contributed by atoms with van der Waals surface area (Å²) in [6, 6.07) is 9.54. The maximum Gasteiger partial charge on any atom is 0.229 e. The number of benzene rings is 1. The minimum Gasteiger partial charge on any atom is -0.497 e. The summed E-state index contributed by atoms with van der Waals surface area (Å²) >= 11 is 0. The molecule has 1 aromatic heterocycles. The monoisotopic (exact) mass is 337 g/mol.